The Morgan fingerprint density at radius 1 is 0.812 bits per heavy atom. The molecule has 0 unspecified atom stereocenters. The summed E-state index contributed by atoms with van der Waals surface area (Å²) in [4.78, 5) is 16.6. The van der Waals surface area contributed by atoms with Crippen LogP contribution in [0.2, 0.25) is 0 Å². The molecule has 0 saturated carbocycles. The van der Waals surface area contributed by atoms with Crippen LogP contribution in [-0.2, 0) is 0 Å². The van der Waals surface area contributed by atoms with E-state index in [-0.39, 0.29) is 5.82 Å². The van der Waals surface area contributed by atoms with Gasteiger partial charge < -0.3 is 10.7 Å². The number of fused-ring (bicyclic) bond motifs is 2. The average Bonchev–Trinajstić information content (AvgIpc) is 3.43. The Labute approximate surface area is 181 Å². The highest BCUT2D eigenvalue weighted by Crippen LogP contribution is 2.33. The van der Waals surface area contributed by atoms with Crippen molar-refractivity contribution in [2.45, 2.75) is 0 Å². The third kappa shape index (κ3) is 2.97. The highest BCUT2D eigenvalue weighted by molar-refractivity contribution is 6.00. The van der Waals surface area contributed by atoms with Crippen molar-refractivity contribution in [3.05, 3.63) is 79.1 Å². The Morgan fingerprint density at radius 2 is 1.66 bits per heavy atom. The number of anilines is 1. The molecule has 7 nitrogen and oxygen atoms in total. The quantitative estimate of drug-likeness (QED) is 0.374. The van der Waals surface area contributed by atoms with Crippen molar-refractivity contribution in [2.24, 2.45) is 0 Å². The maximum Gasteiger partial charge on any atom is 0.181 e. The van der Waals surface area contributed by atoms with Gasteiger partial charge in [-0.15, -0.1) is 0 Å². The summed E-state index contributed by atoms with van der Waals surface area (Å²) >= 11 is 0. The van der Waals surface area contributed by atoms with Gasteiger partial charge in [-0.05, 0) is 48.5 Å². The van der Waals surface area contributed by atoms with Gasteiger partial charge >= 0.3 is 0 Å². The maximum absolute atomic E-state index is 13.4. The number of hydrogen-bond donors (Lipinski definition) is 3. The fraction of sp³-hybridized carbons (Fsp3) is 0. The van der Waals surface area contributed by atoms with Crippen LogP contribution in [0.25, 0.3) is 55.7 Å². The van der Waals surface area contributed by atoms with Crippen LogP contribution < -0.4 is 5.73 Å². The average molecular weight is 421 g/mol. The van der Waals surface area contributed by atoms with Crippen LogP contribution in [0.1, 0.15) is 0 Å². The predicted molar refractivity (Wildman–Crippen MR) is 122 cm³/mol. The van der Waals surface area contributed by atoms with Crippen molar-refractivity contribution in [1.82, 2.24) is 30.1 Å². The summed E-state index contributed by atoms with van der Waals surface area (Å²) in [7, 11) is 0. The van der Waals surface area contributed by atoms with E-state index < -0.39 is 0 Å². The molecule has 0 bridgehead atoms. The molecule has 0 radical (unpaired) electrons. The molecule has 0 amide bonds. The van der Waals surface area contributed by atoms with Crippen molar-refractivity contribution in [3.8, 4) is 33.8 Å². The standard InChI is InChI=1S/C24H16FN7/c25-16-3-1-13(2-4-16)22-18-9-21(30-20(18)5-6-28-22)23-19-8-15(11-29-24(19)32-31-23)14-7-17(26)12-27-10-14/h1-12,30H,26H2,(H,29,31,32). The normalized spacial score (nSPS) is 11.4. The molecular formula is C24H16FN7. The van der Waals surface area contributed by atoms with E-state index in [2.05, 4.69) is 30.1 Å². The Bertz CT molecular complexity index is 1600. The third-order valence-electron chi connectivity index (χ3n) is 5.44. The number of H-pyrrole nitrogens is 2. The minimum absolute atomic E-state index is 0.279. The zero-order chi connectivity index (χ0) is 21.7. The second-order valence-electron chi connectivity index (χ2n) is 7.51. The Balaban J connectivity index is 1.50. The molecule has 0 aliphatic carbocycles. The van der Waals surface area contributed by atoms with Gasteiger partial charge in [-0.1, -0.05) is 0 Å². The van der Waals surface area contributed by atoms with Crippen molar-refractivity contribution < 1.29 is 4.39 Å². The number of aromatic amines is 2. The molecule has 5 heterocycles. The van der Waals surface area contributed by atoms with Crippen LogP contribution in [0.15, 0.2) is 73.3 Å². The molecule has 0 fully saturated rings. The number of benzene rings is 1. The fourth-order valence-electron chi connectivity index (χ4n) is 3.90. The summed E-state index contributed by atoms with van der Waals surface area (Å²) in [5.41, 5.74) is 13.1. The van der Waals surface area contributed by atoms with Gasteiger partial charge in [-0.2, -0.15) is 5.10 Å². The molecule has 8 heteroatoms. The number of pyridine rings is 3. The fourth-order valence-corrected chi connectivity index (χ4v) is 3.90. The number of nitrogens with zero attached hydrogens (tertiary/aromatic N) is 4. The van der Waals surface area contributed by atoms with E-state index >= 15 is 0 Å². The molecule has 6 aromatic rings. The van der Waals surface area contributed by atoms with Gasteiger partial charge in [0.05, 0.1) is 22.8 Å². The van der Waals surface area contributed by atoms with Gasteiger partial charge in [0.25, 0.3) is 0 Å². The second kappa shape index (κ2) is 6.98. The summed E-state index contributed by atoms with van der Waals surface area (Å²) in [5.74, 6) is -0.279. The summed E-state index contributed by atoms with van der Waals surface area (Å²) in [6.07, 6.45) is 6.85. The molecule has 4 N–H and O–H groups in total. The van der Waals surface area contributed by atoms with E-state index in [0.29, 0.717) is 11.3 Å². The first-order chi connectivity index (χ1) is 15.7. The molecule has 6 rings (SSSR count). The lowest BCUT2D eigenvalue weighted by Gasteiger charge is -2.02. The SMILES string of the molecule is Nc1cncc(-c2cnc3n[nH]c(-c4cc5c(-c6ccc(F)cc6)nccc5[nH]4)c3c2)c1. The van der Waals surface area contributed by atoms with E-state index in [1.807, 2.05) is 24.3 Å². The molecular weight excluding hydrogens is 405 g/mol. The highest BCUT2D eigenvalue weighted by atomic mass is 19.1. The molecule has 1 aromatic carbocycles. The van der Waals surface area contributed by atoms with Gasteiger partial charge in [0.15, 0.2) is 5.65 Å². The highest BCUT2D eigenvalue weighted by Gasteiger charge is 2.15. The lowest BCUT2D eigenvalue weighted by atomic mass is 10.1. The molecule has 5 aromatic heterocycles. The zero-order valence-electron chi connectivity index (χ0n) is 16.7. The summed E-state index contributed by atoms with van der Waals surface area (Å²) in [6, 6.07) is 14.1. The van der Waals surface area contributed by atoms with Crippen LogP contribution in [0, 0.1) is 5.82 Å². The van der Waals surface area contributed by atoms with Gasteiger partial charge in [-0.25, -0.2) is 9.37 Å². The largest absolute Gasteiger partial charge is 0.397 e. The first-order valence-corrected chi connectivity index (χ1v) is 9.95. The van der Waals surface area contributed by atoms with Crippen LogP contribution in [0.5, 0.6) is 0 Å². The molecule has 0 aliphatic rings. The van der Waals surface area contributed by atoms with Crippen molar-refractivity contribution in [1.29, 1.82) is 0 Å². The van der Waals surface area contributed by atoms with Crippen molar-refractivity contribution >= 4 is 27.6 Å². The number of hydrogen-bond acceptors (Lipinski definition) is 5. The van der Waals surface area contributed by atoms with Crippen molar-refractivity contribution in [2.75, 3.05) is 5.73 Å². The lowest BCUT2D eigenvalue weighted by Crippen LogP contribution is -1.88. The summed E-state index contributed by atoms with van der Waals surface area (Å²) in [5, 5.41) is 9.25. The Hall–Kier alpha value is -4.59. The molecule has 0 aliphatic heterocycles. The first kappa shape index (κ1) is 18.2. The van der Waals surface area contributed by atoms with Gasteiger partial charge in [0.1, 0.15) is 5.82 Å². The van der Waals surface area contributed by atoms with E-state index in [0.717, 1.165) is 50.1 Å². The number of rotatable bonds is 3. The summed E-state index contributed by atoms with van der Waals surface area (Å²) in [6.45, 7) is 0. The monoisotopic (exact) mass is 421 g/mol. The van der Waals surface area contributed by atoms with E-state index in [1.54, 1.807) is 36.9 Å². The molecule has 32 heavy (non-hydrogen) atoms. The van der Waals surface area contributed by atoms with Gasteiger partial charge in [0.2, 0.25) is 0 Å². The molecule has 0 saturated heterocycles. The smallest absolute Gasteiger partial charge is 0.181 e. The number of nitrogens with one attached hydrogen (secondary N) is 2. The molecule has 0 atom stereocenters. The van der Waals surface area contributed by atoms with Gasteiger partial charge in [0, 0.05) is 57.8 Å². The molecule has 0 spiro atoms. The number of aromatic nitrogens is 6. The number of halogens is 1. The topological polar surface area (TPSA) is 109 Å². The van der Waals surface area contributed by atoms with Gasteiger partial charge in [-0.3, -0.25) is 15.1 Å². The second-order valence-corrected chi connectivity index (χ2v) is 7.51. The predicted octanol–water partition coefficient (Wildman–Crippen LogP) is 4.95. The van der Waals surface area contributed by atoms with E-state index in [1.165, 1.54) is 12.1 Å². The lowest BCUT2D eigenvalue weighted by molar-refractivity contribution is 0.628. The maximum atomic E-state index is 13.4. The van der Waals surface area contributed by atoms with Crippen molar-refractivity contribution in [3.63, 3.8) is 0 Å². The minimum atomic E-state index is -0.279. The Morgan fingerprint density at radius 3 is 2.50 bits per heavy atom. The molecule has 154 valence electrons. The van der Waals surface area contributed by atoms with Crippen LogP contribution >= 0.6 is 0 Å². The number of nitrogens with two attached hydrogens (primary N) is 1. The van der Waals surface area contributed by atoms with E-state index in [9.17, 15) is 4.39 Å². The first-order valence-electron chi connectivity index (χ1n) is 9.95. The van der Waals surface area contributed by atoms with Crippen LogP contribution in [0.4, 0.5) is 10.1 Å². The zero-order valence-corrected chi connectivity index (χ0v) is 16.7. The van der Waals surface area contributed by atoms with Crippen LogP contribution in [-0.4, -0.2) is 30.1 Å². The third-order valence-corrected chi connectivity index (χ3v) is 5.44. The minimum Gasteiger partial charge on any atom is -0.397 e. The number of nitrogen functional groups attached to an aromatic ring is 1. The Kier molecular flexibility index (Phi) is 3.97. The summed E-state index contributed by atoms with van der Waals surface area (Å²) < 4.78 is 13.4. The van der Waals surface area contributed by atoms with Crippen LogP contribution in [0.3, 0.4) is 0 Å². The van der Waals surface area contributed by atoms with E-state index in [4.69, 9.17) is 5.73 Å².